The number of carbonyl (C=O) groups excluding carboxylic acids is 3. The topological polar surface area (TPSA) is 85.4 Å². The first-order valence-corrected chi connectivity index (χ1v) is 17.3. The van der Waals surface area contributed by atoms with Gasteiger partial charge in [-0.05, 0) is 83.1 Å². The van der Waals surface area contributed by atoms with Crippen LogP contribution < -0.4 is 5.32 Å². The van der Waals surface area contributed by atoms with Gasteiger partial charge in [0.1, 0.15) is 0 Å². The fourth-order valence-electron chi connectivity index (χ4n) is 9.14. The molecule has 2 unspecified atom stereocenters. The van der Waals surface area contributed by atoms with Crippen molar-refractivity contribution in [3.05, 3.63) is 35.9 Å². The van der Waals surface area contributed by atoms with E-state index in [-0.39, 0.29) is 41.4 Å². The van der Waals surface area contributed by atoms with E-state index in [0.717, 1.165) is 83.4 Å². The molecular weight excluding hydrogens is 554 g/mol. The monoisotopic (exact) mass is 607 g/mol. The zero-order chi connectivity index (χ0) is 30.8. The van der Waals surface area contributed by atoms with Crippen molar-refractivity contribution in [2.45, 2.75) is 108 Å². The Balaban J connectivity index is 1.11. The summed E-state index contributed by atoms with van der Waals surface area (Å²) in [6.07, 6.45) is 8.85. The van der Waals surface area contributed by atoms with E-state index >= 15 is 0 Å². The third-order valence-electron chi connectivity index (χ3n) is 11.3. The van der Waals surface area contributed by atoms with Crippen LogP contribution in [0.3, 0.4) is 0 Å². The zero-order valence-electron chi connectivity index (χ0n) is 27.1. The van der Waals surface area contributed by atoms with Gasteiger partial charge in [-0.1, -0.05) is 30.3 Å². The summed E-state index contributed by atoms with van der Waals surface area (Å²) in [7, 11) is 0. The van der Waals surface area contributed by atoms with Crippen molar-refractivity contribution in [1.82, 2.24) is 24.9 Å². The van der Waals surface area contributed by atoms with Gasteiger partial charge in [-0.2, -0.15) is 0 Å². The molecule has 5 fully saturated rings. The summed E-state index contributed by atoms with van der Waals surface area (Å²) >= 11 is 0. The third kappa shape index (κ3) is 6.50. The minimum Gasteiger partial charge on any atom is -0.381 e. The lowest BCUT2D eigenvalue weighted by atomic mass is 9.81. The first-order valence-electron chi connectivity index (χ1n) is 17.3. The average Bonchev–Trinajstić information content (AvgIpc) is 3.43. The molecule has 0 aromatic heterocycles. The molecule has 4 amide bonds. The molecule has 2 bridgehead atoms. The number of benzene rings is 1. The standard InChI is InChI=1S/C35H53N5O4/c1-25(2)40-34(43)38(23-27-14-19-44-20-15-27)24-35(40)21-30-9-10-31(22-35)39(30)18-13-32(28-7-5-4-6-8-28)36-33(42)29-11-16-37(17-12-29)26(3)41/h4-8,25,27,29-32H,9-24H2,1-3H3,(H,36,42)/t30?,31?,32-,35?/m0/s1. The predicted molar refractivity (Wildman–Crippen MR) is 170 cm³/mol. The van der Waals surface area contributed by atoms with E-state index in [1.165, 1.54) is 12.8 Å². The molecule has 0 saturated carbocycles. The van der Waals surface area contributed by atoms with Crippen LogP contribution in [0.1, 0.15) is 90.2 Å². The lowest BCUT2D eigenvalue weighted by Crippen LogP contribution is -2.60. The molecule has 9 heteroatoms. The van der Waals surface area contributed by atoms with E-state index in [1.54, 1.807) is 6.92 Å². The van der Waals surface area contributed by atoms with Crippen LogP contribution in [0.5, 0.6) is 0 Å². The highest BCUT2D eigenvalue weighted by Gasteiger charge is 2.57. The van der Waals surface area contributed by atoms with Gasteiger partial charge in [0.25, 0.3) is 0 Å². The minimum absolute atomic E-state index is 0.0417. The highest BCUT2D eigenvalue weighted by atomic mass is 16.5. The largest absolute Gasteiger partial charge is 0.381 e. The smallest absolute Gasteiger partial charge is 0.320 e. The van der Waals surface area contributed by atoms with Crippen LogP contribution in [-0.2, 0) is 14.3 Å². The van der Waals surface area contributed by atoms with Crippen molar-refractivity contribution in [3.63, 3.8) is 0 Å². The molecule has 9 nitrogen and oxygen atoms in total. The van der Waals surface area contributed by atoms with Crippen LogP contribution in [0, 0.1) is 11.8 Å². The molecule has 5 aliphatic rings. The van der Waals surface area contributed by atoms with Crippen molar-refractivity contribution in [2.75, 3.05) is 45.9 Å². The van der Waals surface area contributed by atoms with Gasteiger partial charge in [0.05, 0.1) is 11.6 Å². The summed E-state index contributed by atoms with van der Waals surface area (Å²) in [5, 5.41) is 3.42. The second-order valence-electron chi connectivity index (χ2n) is 14.5. The number of hydrogen-bond acceptors (Lipinski definition) is 5. The van der Waals surface area contributed by atoms with Gasteiger partial charge < -0.3 is 24.8 Å². The number of carbonyl (C=O) groups is 3. The van der Waals surface area contributed by atoms with Crippen LogP contribution >= 0.6 is 0 Å². The molecule has 1 spiro atoms. The Morgan fingerprint density at radius 1 is 0.977 bits per heavy atom. The van der Waals surface area contributed by atoms with Gasteiger partial charge in [0.2, 0.25) is 11.8 Å². The van der Waals surface area contributed by atoms with Crippen LogP contribution in [0.25, 0.3) is 0 Å². The maximum atomic E-state index is 13.8. The Morgan fingerprint density at radius 3 is 2.25 bits per heavy atom. The molecule has 1 aromatic carbocycles. The van der Waals surface area contributed by atoms with Gasteiger partial charge in [-0.3, -0.25) is 14.5 Å². The summed E-state index contributed by atoms with van der Waals surface area (Å²) < 4.78 is 5.58. The van der Waals surface area contributed by atoms with Crippen LogP contribution in [0.15, 0.2) is 30.3 Å². The summed E-state index contributed by atoms with van der Waals surface area (Å²) in [6, 6.07) is 11.7. The van der Waals surface area contributed by atoms with Crippen LogP contribution in [0.2, 0.25) is 0 Å². The Morgan fingerprint density at radius 2 is 1.64 bits per heavy atom. The normalized spacial score (nSPS) is 29.2. The van der Waals surface area contributed by atoms with E-state index in [4.69, 9.17) is 4.74 Å². The molecule has 0 aliphatic carbocycles. The number of nitrogens with zero attached hydrogens (tertiary/aromatic N) is 4. The number of fused-ring (bicyclic) bond motifs is 2. The number of piperidine rings is 2. The Hall–Kier alpha value is -2.65. The average molecular weight is 608 g/mol. The third-order valence-corrected chi connectivity index (χ3v) is 11.3. The van der Waals surface area contributed by atoms with Crippen molar-refractivity contribution in [2.24, 2.45) is 11.8 Å². The number of amides is 4. The van der Waals surface area contributed by atoms with Crippen molar-refractivity contribution < 1.29 is 19.1 Å². The highest BCUT2D eigenvalue weighted by Crippen LogP contribution is 2.48. The van der Waals surface area contributed by atoms with Crippen molar-refractivity contribution in [3.8, 4) is 0 Å². The molecule has 5 saturated heterocycles. The summed E-state index contributed by atoms with van der Waals surface area (Å²) in [5.41, 5.74) is 1.07. The number of hydrogen-bond donors (Lipinski definition) is 1. The second-order valence-corrected chi connectivity index (χ2v) is 14.5. The zero-order valence-corrected chi connectivity index (χ0v) is 27.1. The predicted octanol–water partition coefficient (Wildman–Crippen LogP) is 4.43. The lowest BCUT2D eigenvalue weighted by molar-refractivity contribution is -0.134. The van der Waals surface area contributed by atoms with E-state index in [1.807, 2.05) is 11.0 Å². The summed E-state index contributed by atoms with van der Waals surface area (Å²) in [4.78, 5) is 48.0. The molecule has 0 radical (unpaired) electrons. The molecule has 1 N–H and O–H groups in total. The van der Waals surface area contributed by atoms with E-state index < -0.39 is 0 Å². The first kappa shape index (κ1) is 31.3. The molecule has 1 aromatic rings. The lowest BCUT2D eigenvalue weighted by Gasteiger charge is -2.49. The molecule has 3 atom stereocenters. The Labute approximate surface area is 263 Å². The number of nitrogens with one attached hydrogen (secondary N) is 1. The molecule has 242 valence electrons. The van der Waals surface area contributed by atoms with Gasteiger partial charge in [0.15, 0.2) is 0 Å². The molecule has 6 rings (SSSR count). The van der Waals surface area contributed by atoms with Crippen molar-refractivity contribution in [1.29, 1.82) is 0 Å². The van der Waals surface area contributed by atoms with Gasteiger partial charge in [-0.15, -0.1) is 0 Å². The van der Waals surface area contributed by atoms with Gasteiger partial charge >= 0.3 is 6.03 Å². The van der Waals surface area contributed by atoms with Gasteiger partial charge in [-0.25, -0.2) is 4.79 Å². The molecule has 5 heterocycles. The molecular formula is C35H53N5O4. The number of ether oxygens (including phenoxy) is 1. The quantitative estimate of drug-likeness (QED) is 0.449. The summed E-state index contributed by atoms with van der Waals surface area (Å²) in [5.74, 6) is 0.702. The molecule has 5 aliphatic heterocycles. The molecule has 44 heavy (non-hydrogen) atoms. The fraction of sp³-hybridized carbons (Fsp3) is 0.743. The fourth-order valence-corrected chi connectivity index (χ4v) is 9.14. The van der Waals surface area contributed by atoms with E-state index in [0.29, 0.717) is 31.1 Å². The SMILES string of the molecule is CC(=O)N1CCC(C(=O)N[C@@H](CCN2C3CCC2CC2(C3)CN(CC3CCOCC3)C(=O)N2C(C)C)c2ccccc2)CC1. The van der Waals surface area contributed by atoms with Crippen LogP contribution in [-0.4, -0.2) is 107 Å². The van der Waals surface area contributed by atoms with E-state index in [2.05, 4.69) is 58.1 Å². The minimum atomic E-state index is -0.0828. The van der Waals surface area contributed by atoms with Crippen molar-refractivity contribution >= 4 is 17.8 Å². The number of rotatable bonds is 9. The van der Waals surface area contributed by atoms with Gasteiger partial charge in [0, 0.05) is 76.9 Å². The maximum absolute atomic E-state index is 13.8. The summed E-state index contributed by atoms with van der Waals surface area (Å²) in [6.45, 7) is 11.6. The van der Waals surface area contributed by atoms with Crippen LogP contribution in [0.4, 0.5) is 4.79 Å². The Bertz CT molecular complexity index is 1150. The maximum Gasteiger partial charge on any atom is 0.320 e. The second kappa shape index (κ2) is 13.4. The first-order chi connectivity index (χ1) is 21.2. The number of urea groups is 1. The number of likely N-dealkylation sites (tertiary alicyclic amines) is 1. The Kier molecular flexibility index (Phi) is 9.53. The highest BCUT2D eigenvalue weighted by molar-refractivity contribution is 5.80. The van der Waals surface area contributed by atoms with E-state index in [9.17, 15) is 14.4 Å².